The van der Waals surface area contributed by atoms with Gasteiger partial charge in [0, 0.05) is 6.42 Å². The number of alkyl carbamates (subject to hydrolysis) is 1. The van der Waals surface area contributed by atoms with Crippen molar-refractivity contribution in [3.63, 3.8) is 0 Å². The first-order chi connectivity index (χ1) is 16.5. The van der Waals surface area contributed by atoms with E-state index < -0.39 is 60.6 Å². The number of ketones is 1. The predicted molar refractivity (Wildman–Crippen MR) is 120 cm³/mol. The fourth-order valence-electron chi connectivity index (χ4n) is 3.04. The summed E-state index contributed by atoms with van der Waals surface area (Å²) in [5, 5.41) is 15.7. The highest BCUT2D eigenvalue weighted by Gasteiger charge is 2.33. The summed E-state index contributed by atoms with van der Waals surface area (Å²) < 4.78 is 30.7. The average Bonchev–Trinajstić information content (AvgIpc) is 2.83. The first-order valence-corrected chi connectivity index (χ1v) is 11.1. The van der Waals surface area contributed by atoms with Gasteiger partial charge in [-0.3, -0.25) is 14.4 Å². The Balaban J connectivity index is 2.85. The number of alkyl halides is 2. The summed E-state index contributed by atoms with van der Waals surface area (Å²) in [6.07, 6.45) is -4.59. The number of rotatable bonds is 14. The molecule has 12 heteroatoms. The van der Waals surface area contributed by atoms with Gasteiger partial charge in [-0.25, -0.2) is 18.4 Å². The second-order valence-electron chi connectivity index (χ2n) is 7.90. The number of aliphatic carboxylic acids is 1. The first kappa shape index (κ1) is 29.5. The van der Waals surface area contributed by atoms with Crippen molar-refractivity contribution >= 4 is 29.7 Å². The van der Waals surface area contributed by atoms with Crippen molar-refractivity contribution in [1.82, 2.24) is 16.0 Å². The Morgan fingerprint density at radius 2 is 1.51 bits per heavy atom. The first-order valence-electron chi connectivity index (χ1n) is 11.1. The highest BCUT2D eigenvalue weighted by molar-refractivity contribution is 6.35. The Hall–Kier alpha value is -3.57. The summed E-state index contributed by atoms with van der Waals surface area (Å²) >= 11 is 0. The van der Waals surface area contributed by atoms with E-state index >= 15 is 0 Å². The van der Waals surface area contributed by atoms with E-state index in [9.17, 15) is 32.8 Å². The largest absolute Gasteiger partial charge is 0.475 e. The summed E-state index contributed by atoms with van der Waals surface area (Å²) in [5.41, 5.74) is 0.740. The lowest BCUT2D eigenvalue weighted by Gasteiger charge is -2.26. The Morgan fingerprint density at radius 1 is 0.914 bits per heavy atom. The zero-order valence-corrected chi connectivity index (χ0v) is 19.8. The maximum atomic E-state index is 12.9. The molecule has 0 spiro atoms. The topological polar surface area (TPSA) is 151 Å². The molecule has 1 aromatic carbocycles. The van der Waals surface area contributed by atoms with Gasteiger partial charge in [0.05, 0.1) is 0 Å². The number of carboxylic acid groups (broad SMARTS) is 1. The fourth-order valence-corrected chi connectivity index (χ4v) is 3.04. The van der Waals surface area contributed by atoms with Crippen LogP contribution >= 0.6 is 0 Å². The number of carbonyl (C=O) groups is 5. The minimum atomic E-state index is -3.04. The molecule has 3 amide bonds. The van der Waals surface area contributed by atoms with Gasteiger partial charge in [0.25, 0.3) is 5.78 Å². The second kappa shape index (κ2) is 14.6. The molecule has 4 atom stereocenters. The zero-order valence-electron chi connectivity index (χ0n) is 19.8. The van der Waals surface area contributed by atoms with Gasteiger partial charge in [0.15, 0.2) is 0 Å². The van der Waals surface area contributed by atoms with E-state index in [1.807, 2.05) is 5.32 Å². The number of ether oxygens (including phenoxy) is 1. The lowest BCUT2D eigenvalue weighted by atomic mass is 9.98. The number of Topliss-reactive ketones (excluding diaryl/α,β-unsaturated/α-hetero) is 1. The van der Waals surface area contributed by atoms with Gasteiger partial charge in [-0.05, 0) is 17.9 Å². The standard InChI is InChI=1S/C23H31F2N3O7/c1-4-13(3)18(28-23(34)35-12-14-9-7-6-8-10-14)21(31)26-15(5-2)20(30)27-16(11-17(24)25)19(29)22(32)33/h6-10,13,15-18H,4-5,11-12H2,1-3H3,(H,26,31)(H,27,30)(H,28,34)(H,32,33)/t13?,15-,16?,18-/m0/s1. The molecule has 0 aliphatic rings. The average molecular weight is 500 g/mol. The quantitative estimate of drug-likeness (QED) is 0.286. The molecule has 0 saturated carbocycles. The summed E-state index contributed by atoms with van der Waals surface area (Å²) in [7, 11) is 0. The summed E-state index contributed by atoms with van der Waals surface area (Å²) in [4.78, 5) is 60.3. The van der Waals surface area contributed by atoms with E-state index in [1.54, 1.807) is 44.2 Å². The van der Waals surface area contributed by atoms with Gasteiger partial charge in [0.1, 0.15) is 24.7 Å². The number of benzene rings is 1. The van der Waals surface area contributed by atoms with Crippen LogP contribution in [0.25, 0.3) is 0 Å². The van der Waals surface area contributed by atoms with E-state index in [2.05, 4.69) is 10.6 Å². The van der Waals surface area contributed by atoms with Crippen LogP contribution in [0.2, 0.25) is 0 Å². The number of carboxylic acids is 1. The van der Waals surface area contributed by atoms with Crippen molar-refractivity contribution < 1.29 is 42.6 Å². The van der Waals surface area contributed by atoms with Crippen molar-refractivity contribution in [2.45, 2.75) is 71.2 Å². The number of hydrogen-bond acceptors (Lipinski definition) is 6. The van der Waals surface area contributed by atoms with Crippen molar-refractivity contribution in [2.75, 3.05) is 0 Å². The van der Waals surface area contributed by atoms with Crippen LogP contribution in [0.5, 0.6) is 0 Å². The zero-order chi connectivity index (χ0) is 26.5. The Morgan fingerprint density at radius 3 is 2.03 bits per heavy atom. The van der Waals surface area contributed by atoms with E-state index in [1.165, 1.54) is 6.92 Å². The van der Waals surface area contributed by atoms with Gasteiger partial charge >= 0.3 is 12.1 Å². The van der Waals surface area contributed by atoms with E-state index in [0.717, 1.165) is 5.56 Å². The van der Waals surface area contributed by atoms with Gasteiger partial charge < -0.3 is 25.8 Å². The van der Waals surface area contributed by atoms with Crippen LogP contribution in [0.1, 0.15) is 45.6 Å². The van der Waals surface area contributed by atoms with E-state index in [0.29, 0.717) is 6.42 Å². The summed E-state index contributed by atoms with van der Waals surface area (Å²) in [6.45, 7) is 4.99. The molecule has 0 aliphatic carbocycles. The molecule has 0 bridgehead atoms. The SMILES string of the molecule is CCC(C)[C@H](NC(=O)OCc1ccccc1)C(=O)N[C@@H](CC)C(=O)NC(CC(F)F)C(=O)C(=O)O. The molecule has 35 heavy (non-hydrogen) atoms. The number of carbonyl (C=O) groups excluding carboxylic acids is 4. The smallest absolute Gasteiger partial charge is 0.408 e. The molecule has 0 aliphatic heterocycles. The summed E-state index contributed by atoms with van der Waals surface area (Å²) in [5.74, 6) is -5.66. The minimum absolute atomic E-state index is 0.00587. The molecule has 0 fully saturated rings. The molecule has 0 heterocycles. The molecular formula is C23H31F2N3O7. The van der Waals surface area contributed by atoms with Crippen molar-refractivity contribution in [3.8, 4) is 0 Å². The second-order valence-corrected chi connectivity index (χ2v) is 7.90. The minimum Gasteiger partial charge on any atom is -0.475 e. The van der Waals surface area contributed by atoms with Gasteiger partial charge in [-0.2, -0.15) is 0 Å². The molecular weight excluding hydrogens is 468 g/mol. The third-order valence-corrected chi connectivity index (χ3v) is 5.28. The maximum Gasteiger partial charge on any atom is 0.408 e. The van der Waals surface area contributed by atoms with Crippen molar-refractivity contribution in [3.05, 3.63) is 35.9 Å². The van der Waals surface area contributed by atoms with E-state index in [4.69, 9.17) is 9.84 Å². The highest BCUT2D eigenvalue weighted by Crippen LogP contribution is 2.11. The molecule has 0 aromatic heterocycles. The van der Waals surface area contributed by atoms with E-state index in [-0.39, 0.29) is 18.9 Å². The Bertz CT molecular complexity index is 883. The molecule has 1 aromatic rings. The predicted octanol–water partition coefficient (Wildman–Crippen LogP) is 2.02. The van der Waals surface area contributed by atoms with Gasteiger partial charge in [-0.15, -0.1) is 0 Å². The lowest BCUT2D eigenvalue weighted by molar-refractivity contribution is -0.151. The van der Waals surface area contributed by atoms with Crippen LogP contribution in [0.15, 0.2) is 30.3 Å². The number of hydrogen-bond donors (Lipinski definition) is 4. The fraction of sp³-hybridized carbons (Fsp3) is 0.522. The highest BCUT2D eigenvalue weighted by atomic mass is 19.3. The molecule has 194 valence electrons. The summed E-state index contributed by atoms with van der Waals surface area (Å²) in [6, 6.07) is 4.57. The number of amides is 3. The van der Waals surface area contributed by atoms with Crippen LogP contribution < -0.4 is 16.0 Å². The molecule has 2 unspecified atom stereocenters. The maximum absolute atomic E-state index is 12.9. The monoisotopic (exact) mass is 499 g/mol. The third-order valence-electron chi connectivity index (χ3n) is 5.28. The molecule has 0 saturated heterocycles. The molecule has 0 radical (unpaired) electrons. The van der Waals surface area contributed by atoms with Crippen LogP contribution in [0.3, 0.4) is 0 Å². The third kappa shape index (κ3) is 10.1. The van der Waals surface area contributed by atoms with Crippen molar-refractivity contribution in [2.24, 2.45) is 5.92 Å². The van der Waals surface area contributed by atoms with Crippen LogP contribution in [0.4, 0.5) is 13.6 Å². The lowest BCUT2D eigenvalue weighted by Crippen LogP contribution is -2.57. The van der Waals surface area contributed by atoms with Crippen LogP contribution in [-0.4, -0.2) is 59.3 Å². The van der Waals surface area contributed by atoms with Gasteiger partial charge in [0.2, 0.25) is 18.2 Å². The molecule has 10 nitrogen and oxygen atoms in total. The Kier molecular flexibility index (Phi) is 12.3. The number of halogens is 2. The Labute approximate surface area is 201 Å². The molecule has 4 N–H and O–H groups in total. The van der Waals surface area contributed by atoms with Crippen molar-refractivity contribution in [1.29, 1.82) is 0 Å². The van der Waals surface area contributed by atoms with Crippen LogP contribution in [-0.2, 0) is 30.5 Å². The van der Waals surface area contributed by atoms with Crippen LogP contribution in [0, 0.1) is 5.92 Å². The molecule has 1 rings (SSSR count). The van der Waals surface area contributed by atoms with Gasteiger partial charge in [-0.1, -0.05) is 57.5 Å². The normalized spacial score (nSPS) is 14.2. The number of nitrogens with one attached hydrogen (secondary N) is 3.